The average molecular weight is 247 g/mol. The smallest absolute Gasteiger partial charge is 0.335 e. The van der Waals surface area contributed by atoms with Crippen LogP contribution in [0.15, 0.2) is 12.1 Å². The van der Waals surface area contributed by atoms with E-state index in [9.17, 15) is 14.4 Å². The lowest BCUT2D eigenvalue weighted by Gasteiger charge is -2.19. The zero-order valence-corrected chi connectivity index (χ0v) is 10.2. The Bertz CT molecular complexity index is 562. The van der Waals surface area contributed by atoms with Gasteiger partial charge in [-0.3, -0.25) is 9.59 Å². The fourth-order valence-corrected chi connectivity index (χ4v) is 2.13. The Kier molecular flexibility index (Phi) is 2.90. The summed E-state index contributed by atoms with van der Waals surface area (Å²) in [7, 11) is 0. The van der Waals surface area contributed by atoms with Gasteiger partial charge in [-0.1, -0.05) is 0 Å². The zero-order valence-electron chi connectivity index (χ0n) is 10.2. The topological polar surface area (TPSA) is 74.7 Å². The van der Waals surface area contributed by atoms with Crippen LogP contribution in [-0.4, -0.2) is 29.3 Å². The number of carbonyl (C=O) groups excluding carboxylic acids is 2. The van der Waals surface area contributed by atoms with Crippen LogP contribution in [0.3, 0.4) is 0 Å². The van der Waals surface area contributed by atoms with Gasteiger partial charge in [0.25, 0.3) is 0 Å². The number of Topliss-reactive ketones (excluding diaryl/α,β-unsaturated/α-hetero) is 1. The minimum absolute atomic E-state index is 0.0703. The van der Waals surface area contributed by atoms with Crippen molar-refractivity contribution in [2.45, 2.75) is 20.3 Å². The maximum Gasteiger partial charge on any atom is 0.335 e. The number of anilines is 1. The minimum Gasteiger partial charge on any atom is -0.478 e. The molecule has 0 saturated carbocycles. The summed E-state index contributed by atoms with van der Waals surface area (Å²) in [5, 5.41) is 9.01. The molecule has 0 aliphatic carbocycles. The molecule has 0 bridgehead atoms. The first-order chi connectivity index (χ1) is 8.41. The largest absolute Gasteiger partial charge is 0.478 e. The van der Waals surface area contributed by atoms with Gasteiger partial charge in [0.1, 0.15) is 0 Å². The first-order valence-corrected chi connectivity index (χ1v) is 5.57. The molecule has 0 atom stereocenters. The van der Waals surface area contributed by atoms with Gasteiger partial charge in [-0.15, -0.1) is 0 Å². The highest BCUT2D eigenvalue weighted by Crippen LogP contribution is 2.28. The van der Waals surface area contributed by atoms with Crippen LogP contribution in [0.5, 0.6) is 0 Å². The van der Waals surface area contributed by atoms with E-state index in [1.165, 1.54) is 11.0 Å². The van der Waals surface area contributed by atoms with E-state index in [2.05, 4.69) is 0 Å². The molecule has 1 saturated heterocycles. The number of carboxylic acids is 1. The van der Waals surface area contributed by atoms with Crippen LogP contribution in [0.4, 0.5) is 5.69 Å². The minimum atomic E-state index is -0.994. The maximum atomic E-state index is 11.7. The molecule has 1 heterocycles. The molecule has 94 valence electrons. The molecule has 0 aromatic heterocycles. The summed E-state index contributed by atoms with van der Waals surface area (Å²) in [5.41, 5.74) is 2.17. The molecule has 0 radical (unpaired) electrons. The fourth-order valence-electron chi connectivity index (χ4n) is 2.13. The van der Waals surface area contributed by atoms with Crippen LogP contribution in [0.2, 0.25) is 0 Å². The first kappa shape index (κ1) is 12.3. The zero-order chi connectivity index (χ0) is 13.4. The van der Waals surface area contributed by atoms with Crippen LogP contribution >= 0.6 is 0 Å². The van der Waals surface area contributed by atoms with Crippen molar-refractivity contribution in [2.24, 2.45) is 0 Å². The van der Waals surface area contributed by atoms with Gasteiger partial charge in [-0.2, -0.15) is 0 Å². The van der Waals surface area contributed by atoms with Crippen molar-refractivity contribution in [2.75, 3.05) is 11.4 Å². The third kappa shape index (κ3) is 1.88. The van der Waals surface area contributed by atoms with Gasteiger partial charge in [0.15, 0.2) is 5.78 Å². The summed E-state index contributed by atoms with van der Waals surface area (Å²) < 4.78 is 0. The molecule has 5 nitrogen and oxygen atoms in total. The molecule has 0 unspecified atom stereocenters. The Balaban J connectivity index is 2.48. The second-order valence-corrected chi connectivity index (χ2v) is 4.38. The van der Waals surface area contributed by atoms with Crippen LogP contribution in [0.25, 0.3) is 0 Å². The molecule has 1 aliphatic rings. The molecular weight excluding hydrogens is 234 g/mol. The van der Waals surface area contributed by atoms with Gasteiger partial charge < -0.3 is 10.0 Å². The van der Waals surface area contributed by atoms with E-state index in [4.69, 9.17) is 5.11 Å². The van der Waals surface area contributed by atoms with E-state index in [-0.39, 0.29) is 30.2 Å². The number of ketones is 1. The second kappa shape index (κ2) is 4.25. The monoisotopic (exact) mass is 247 g/mol. The lowest BCUT2D eigenvalue weighted by atomic mass is 10.0. The molecule has 1 aromatic carbocycles. The van der Waals surface area contributed by atoms with Crippen molar-refractivity contribution >= 4 is 23.3 Å². The number of carbonyl (C=O) groups is 3. The molecular formula is C13H13NO4. The van der Waals surface area contributed by atoms with Crippen LogP contribution < -0.4 is 4.90 Å². The number of rotatable bonds is 2. The number of carboxylic acid groups (broad SMARTS) is 1. The summed E-state index contributed by atoms with van der Waals surface area (Å²) in [6.45, 7) is 3.53. The van der Waals surface area contributed by atoms with E-state index in [0.29, 0.717) is 11.3 Å². The first-order valence-electron chi connectivity index (χ1n) is 5.57. The summed E-state index contributed by atoms with van der Waals surface area (Å²) >= 11 is 0. The van der Waals surface area contributed by atoms with Crippen LogP contribution in [0.1, 0.15) is 27.9 Å². The van der Waals surface area contributed by atoms with Crippen LogP contribution in [-0.2, 0) is 9.59 Å². The highest BCUT2D eigenvalue weighted by Gasteiger charge is 2.30. The van der Waals surface area contributed by atoms with Crippen molar-refractivity contribution < 1.29 is 19.5 Å². The fraction of sp³-hybridized carbons (Fsp3) is 0.308. The van der Waals surface area contributed by atoms with Crippen LogP contribution in [0, 0.1) is 13.8 Å². The Morgan fingerprint density at radius 3 is 2.39 bits per heavy atom. The van der Waals surface area contributed by atoms with Gasteiger partial charge in [0.2, 0.25) is 5.91 Å². The standard InChI is InChI=1S/C13H13NO4/c1-7-8(2)11(4-3-10(7)13(17)18)14-6-9(15)5-12(14)16/h3-4H,5-6H2,1-2H3,(H,17,18). The normalized spacial score (nSPS) is 15.3. The molecule has 1 aliphatic heterocycles. The molecule has 1 amide bonds. The number of hydrogen-bond acceptors (Lipinski definition) is 3. The third-order valence-electron chi connectivity index (χ3n) is 3.26. The SMILES string of the molecule is Cc1c(C(=O)O)ccc(N2CC(=O)CC2=O)c1C. The number of benzene rings is 1. The predicted molar refractivity (Wildman–Crippen MR) is 64.9 cm³/mol. The number of amides is 1. The second-order valence-electron chi connectivity index (χ2n) is 4.38. The number of nitrogens with zero attached hydrogens (tertiary/aromatic N) is 1. The average Bonchev–Trinajstić information content (AvgIpc) is 2.61. The highest BCUT2D eigenvalue weighted by atomic mass is 16.4. The Morgan fingerprint density at radius 1 is 1.22 bits per heavy atom. The van der Waals surface area contributed by atoms with E-state index in [1.54, 1.807) is 19.9 Å². The number of hydrogen-bond donors (Lipinski definition) is 1. The molecule has 1 aromatic rings. The molecule has 1 fully saturated rings. The third-order valence-corrected chi connectivity index (χ3v) is 3.26. The quantitative estimate of drug-likeness (QED) is 0.799. The van der Waals surface area contributed by atoms with E-state index in [0.717, 1.165) is 5.56 Å². The van der Waals surface area contributed by atoms with Crippen molar-refractivity contribution in [3.8, 4) is 0 Å². The van der Waals surface area contributed by atoms with Gasteiger partial charge in [0.05, 0.1) is 18.5 Å². The van der Waals surface area contributed by atoms with Gasteiger partial charge in [0, 0.05) is 5.69 Å². The van der Waals surface area contributed by atoms with Crippen molar-refractivity contribution in [3.05, 3.63) is 28.8 Å². The molecule has 2 rings (SSSR count). The molecule has 18 heavy (non-hydrogen) atoms. The van der Waals surface area contributed by atoms with E-state index < -0.39 is 5.97 Å². The lowest BCUT2D eigenvalue weighted by molar-refractivity contribution is -0.121. The van der Waals surface area contributed by atoms with Crippen molar-refractivity contribution in [3.63, 3.8) is 0 Å². The van der Waals surface area contributed by atoms with Gasteiger partial charge in [-0.05, 0) is 37.1 Å². The highest BCUT2D eigenvalue weighted by molar-refractivity contribution is 6.15. The van der Waals surface area contributed by atoms with Crippen molar-refractivity contribution in [1.82, 2.24) is 0 Å². The predicted octanol–water partition coefficient (Wildman–Crippen LogP) is 1.31. The maximum absolute atomic E-state index is 11.7. The number of aromatic carboxylic acids is 1. The Hall–Kier alpha value is -2.17. The summed E-state index contributed by atoms with van der Waals surface area (Å²) in [5.74, 6) is -1.34. The lowest BCUT2D eigenvalue weighted by Crippen LogP contribution is -2.25. The van der Waals surface area contributed by atoms with Crippen molar-refractivity contribution in [1.29, 1.82) is 0 Å². The van der Waals surface area contributed by atoms with E-state index >= 15 is 0 Å². The van der Waals surface area contributed by atoms with Gasteiger partial charge in [-0.25, -0.2) is 4.79 Å². The Labute approximate surface area is 104 Å². The molecule has 0 spiro atoms. The Morgan fingerprint density at radius 2 is 1.89 bits per heavy atom. The summed E-state index contributed by atoms with van der Waals surface area (Å²) in [6, 6.07) is 3.05. The van der Waals surface area contributed by atoms with Gasteiger partial charge >= 0.3 is 5.97 Å². The summed E-state index contributed by atoms with van der Waals surface area (Å²) in [6.07, 6.45) is -0.0703. The summed E-state index contributed by atoms with van der Waals surface area (Å²) in [4.78, 5) is 35.3. The molecule has 5 heteroatoms. The molecule has 1 N–H and O–H groups in total. The van der Waals surface area contributed by atoms with E-state index in [1.807, 2.05) is 0 Å².